The number of rotatable bonds is 5. The number of anilines is 1. The number of hydrogen-bond acceptors (Lipinski definition) is 5. The zero-order chi connectivity index (χ0) is 21.6. The molecule has 4 rings (SSSR count). The molecular weight excluding hydrogens is 393 g/mol. The van der Waals surface area contributed by atoms with Crippen LogP contribution in [0.15, 0.2) is 88.8 Å². The number of aromatic nitrogens is 2. The van der Waals surface area contributed by atoms with Crippen molar-refractivity contribution < 1.29 is 4.39 Å². The summed E-state index contributed by atoms with van der Waals surface area (Å²) in [6.45, 7) is 0. The van der Waals surface area contributed by atoms with Crippen molar-refractivity contribution >= 4 is 12.2 Å². The maximum Gasteiger partial charge on any atom is 0.270 e. The largest absolute Gasteiger partial charge is 0.290 e. The van der Waals surface area contributed by atoms with E-state index in [4.69, 9.17) is 0 Å². The van der Waals surface area contributed by atoms with Gasteiger partial charge in [-0.3, -0.25) is 9.78 Å². The number of nitrogens with zero attached hydrogens (tertiary/aromatic N) is 3. The van der Waals surface area contributed by atoms with Crippen molar-refractivity contribution in [3.8, 4) is 28.5 Å². The Hall–Kier alpha value is -4.57. The van der Waals surface area contributed by atoms with Gasteiger partial charge in [-0.2, -0.15) is 10.4 Å². The lowest BCUT2D eigenvalue weighted by molar-refractivity contribution is 0.631. The SMILES string of the molecule is N#Cc1c(-c2ccccc2)nc(NN=Cc2cccc(-c3ccccc3F)c2)[nH]c1=O. The number of aromatic amines is 1. The fourth-order valence-electron chi connectivity index (χ4n) is 3.08. The third-order valence-corrected chi connectivity index (χ3v) is 4.53. The lowest BCUT2D eigenvalue weighted by Gasteiger charge is -2.06. The molecule has 0 fully saturated rings. The van der Waals surface area contributed by atoms with Gasteiger partial charge in [-0.1, -0.05) is 66.7 Å². The topological polar surface area (TPSA) is 93.9 Å². The lowest BCUT2D eigenvalue weighted by atomic mass is 10.0. The molecule has 0 bridgehead atoms. The molecule has 0 saturated heterocycles. The Balaban J connectivity index is 1.60. The number of H-pyrrole nitrogens is 1. The van der Waals surface area contributed by atoms with E-state index in [0.717, 1.165) is 11.1 Å². The van der Waals surface area contributed by atoms with Gasteiger partial charge in [0.25, 0.3) is 5.56 Å². The van der Waals surface area contributed by atoms with E-state index in [-0.39, 0.29) is 23.0 Å². The third-order valence-electron chi connectivity index (χ3n) is 4.53. The summed E-state index contributed by atoms with van der Waals surface area (Å²) < 4.78 is 14.0. The summed E-state index contributed by atoms with van der Waals surface area (Å²) >= 11 is 0. The van der Waals surface area contributed by atoms with Gasteiger partial charge in [0.15, 0.2) is 0 Å². The third kappa shape index (κ3) is 4.38. The van der Waals surface area contributed by atoms with Crippen molar-refractivity contribution in [1.29, 1.82) is 5.26 Å². The van der Waals surface area contributed by atoms with Crippen LogP contribution in [-0.4, -0.2) is 16.2 Å². The zero-order valence-corrected chi connectivity index (χ0v) is 16.2. The van der Waals surface area contributed by atoms with Crippen molar-refractivity contribution in [2.75, 3.05) is 5.43 Å². The minimum atomic E-state index is -0.560. The standard InChI is InChI=1S/C24H16FN5O/c25-21-12-5-4-11-19(21)18-10-6-7-16(13-18)15-27-30-24-28-22(17-8-2-1-3-9-17)20(14-26)23(31)29-24/h1-13,15H,(H2,28,29,30,31). The second-order valence-electron chi connectivity index (χ2n) is 6.59. The molecule has 0 unspecified atom stereocenters. The number of hydrogen-bond donors (Lipinski definition) is 2. The predicted molar refractivity (Wildman–Crippen MR) is 118 cm³/mol. The van der Waals surface area contributed by atoms with Crippen LogP contribution in [0.25, 0.3) is 22.4 Å². The average Bonchev–Trinajstić information content (AvgIpc) is 2.80. The Labute approximate surface area is 177 Å². The molecule has 0 spiro atoms. The minimum Gasteiger partial charge on any atom is -0.290 e. The molecule has 150 valence electrons. The highest BCUT2D eigenvalue weighted by atomic mass is 19.1. The molecule has 31 heavy (non-hydrogen) atoms. The van der Waals surface area contributed by atoms with Gasteiger partial charge in [0, 0.05) is 11.1 Å². The number of nitriles is 1. The molecule has 0 radical (unpaired) electrons. The van der Waals surface area contributed by atoms with Crippen molar-refractivity contribution in [1.82, 2.24) is 9.97 Å². The first kappa shape index (κ1) is 19.7. The van der Waals surface area contributed by atoms with Gasteiger partial charge in [-0.15, -0.1) is 0 Å². The smallest absolute Gasteiger partial charge is 0.270 e. The summed E-state index contributed by atoms with van der Waals surface area (Å²) in [7, 11) is 0. The molecule has 0 saturated carbocycles. The summed E-state index contributed by atoms with van der Waals surface area (Å²) in [6.07, 6.45) is 1.53. The molecular formula is C24H16FN5O. The molecule has 1 aromatic heterocycles. The van der Waals surface area contributed by atoms with Crippen molar-refractivity contribution in [3.05, 3.63) is 106 Å². The molecule has 0 atom stereocenters. The molecule has 0 aliphatic carbocycles. The Morgan fingerprint density at radius 3 is 2.52 bits per heavy atom. The lowest BCUT2D eigenvalue weighted by Crippen LogP contribution is -2.16. The van der Waals surface area contributed by atoms with Crippen LogP contribution in [0.1, 0.15) is 11.1 Å². The second-order valence-corrected chi connectivity index (χ2v) is 6.59. The van der Waals surface area contributed by atoms with Crippen molar-refractivity contribution in [3.63, 3.8) is 0 Å². The van der Waals surface area contributed by atoms with E-state index in [9.17, 15) is 14.4 Å². The van der Waals surface area contributed by atoms with Gasteiger partial charge in [0.2, 0.25) is 5.95 Å². The molecule has 2 N–H and O–H groups in total. The summed E-state index contributed by atoms with van der Waals surface area (Å²) in [4.78, 5) is 19.1. The summed E-state index contributed by atoms with van der Waals surface area (Å²) in [5, 5.41) is 13.4. The minimum absolute atomic E-state index is 0.0710. The van der Waals surface area contributed by atoms with Crippen LogP contribution < -0.4 is 11.0 Å². The molecule has 0 amide bonds. The first-order valence-corrected chi connectivity index (χ1v) is 9.39. The normalized spacial score (nSPS) is 10.7. The van der Waals surface area contributed by atoms with Crippen LogP contribution in [-0.2, 0) is 0 Å². The number of halogens is 1. The van der Waals surface area contributed by atoms with E-state index in [2.05, 4.69) is 20.5 Å². The van der Waals surface area contributed by atoms with E-state index in [1.165, 1.54) is 12.3 Å². The molecule has 6 nitrogen and oxygen atoms in total. The van der Waals surface area contributed by atoms with E-state index in [1.807, 2.05) is 24.3 Å². The molecule has 7 heteroatoms. The fourth-order valence-corrected chi connectivity index (χ4v) is 3.08. The zero-order valence-electron chi connectivity index (χ0n) is 16.2. The van der Waals surface area contributed by atoms with Crippen molar-refractivity contribution in [2.45, 2.75) is 0 Å². The monoisotopic (exact) mass is 409 g/mol. The first-order chi connectivity index (χ1) is 15.2. The van der Waals surface area contributed by atoms with Gasteiger partial charge in [-0.05, 0) is 23.3 Å². The van der Waals surface area contributed by atoms with Crippen LogP contribution in [0.2, 0.25) is 0 Å². The van der Waals surface area contributed by atoms with Gasteiger partial charge in [-0.25, -0.2) is 14.8 Å². The first-order valence-electron chi connectivity index (χ1n) is 9.39. The van der Waals surface area contributed by atoms with Crippen LogP contribution in [0.5, 0.6) is 0 Å². The van der Waals surface area contributed by atoms with Crippen LogP contribution >= 0.6 is 0 Å². The average molecular weight is 409 g/mol. The van der Waals surface area contributed by atoms with Gasteiger partial charge in [0.1, 0.15) is 17.4 Å². The Morgan fingerprint density at radius 1 is 1.00 bits per heavy atom. The van der Waals surface area contributed by atoms with Crippen molar-refractivity contribution in [2.24, 2.45) is 5.10 Å². The van der Waals surface area contributed by atoms with Crippen LogP contribution in [0, 0.1) is 17.1 Å². The maximum absolute atomic E-state index is 14.0. The van der Waals surface area contributed by atoms with Gasteiger partial charge < -0.3 is 0 Å². The Kier molecular flexibility index (Phi) is 5.63. The number of benzene rings is 3. The fraction of sp³-hybridized carbons (Fsp3) is 0. The quantitative estimate of drug-likeness (QED) is 0.373. The predicted octanol–water partition coefficient (Wildman–Crippen LogP) is 4.56. The highest BCUT2D eigenvalue weighted by Crippen LogP contribution is 2.23. The number of nitrogens with one attached hydrogen (secondary N) is 2. The number of hydrazone groups is 1. The van der Waals surface area contributed by atoms with Gasteiger partial charge >= 0.3 is 0 Å². The maximum atomic E-state index is 14.0. The summed E-state index contributed by atoms with van der Waals surface area (Å²) in [5.41, 5.74) is 4.92. The van der Waals surface area contributed by atoms with Crippen LogP contribution in [0.4, 0.5) is 10.3 Å². The van der Waals surface area contributed by atoms with E-state index in [1.54, 1.807) is 54.6 Å². The highest BCUT2D eigenvalue weighted by molar-refractivity contribution is 5.83. The molecule has 1 heterocycles. The van der Waals surface area contributed by atoms with E-state index in [0.29, 0.717) is 11.1 Å². The van der Waals surface area contributed by atoms with Crippen LogP contribution in [0.3, 0.4) is 0 Å². The van der Waals surface area contributed by atoms with E-state index >= 15 is 0 Å². The highest BCUT2D eigenvalue weighted by Gasteiger charge is 2.12. The van der Waals surface area contributed by atoms with E-state index < -0.39 is 5.56 Å². The summed E-state index contributed by atoms with van der Waals surface area (Å²) in [6, 6.07) is 24.6. The summed E-state index contributed by atoms with van der Waals surface area (Å²) in [5.74, 6) is -0.202. The molecule has 0 aliphatic heterocycles. The molecule has 3 aromatic carbocycles. The Morgan fingerprint density at radius 2 is 1.74 bits per heavy atom. The molecule has 0 aliphatic rings. The molecule has 4 aromatic rings. The van der Waals surface area contributed by atoms with Gasteiger partial charge in [0.05, 0.1) is 11.9 Å². The second kappa shape index (κ2) is 8.84. The Bertz CT molecular complexity index is 1360.